The number of hydrogen-bond donors (Lipinski definition) is 1. The minimum absolute atomic E-state index is 0.225. The summed E-state index contributed by atoms with van der Waals surface area (Å²) >= 11 is 6.08. The molecular weight excluding hydrogens is 227 g/mol. The number of benzene rings is 1. The number of nitrogens with one attached hydrogen (secondary N) is 1. The Kier molecular flexibility index (Phi) is 3.66. The van der Waals surface area contributed by atoms with Crippen LogP contribution in [0.5, 0.6) is 0 Å². The monoisotopic (exact) mass is 242 g/mol. The van der Waals surface area contributed by atoms with Gasteiger partial charge in [-0.1, -0.05) is 11.6 Å². The van der Waals surface area contributed by atoms with Gasteiger partial charge in [-0.05, 0) is 44.1 Å². The van der Waals surface area contributed by atoms with Crippen LogP contribution < -0.4 is 10.2 Å². The first-order valence-corrected chi connectivity index (χ1v) is 5.93. The van der Waals surface area contributed by atoms with E-state index in [4.69, 9.17) is 11.6 Å². The lowest BCUT2D eigenvalue weighted by Gasteiger charge is -2.20. The highest BCUT2D eigenvalue weighted by atomic mass is 35.5. The molecule has 0 bridgehead atoms. The maximum Gasteiger partial charge on any atom is 0.125 e. The molecule has 1 unspecified atom stereocenters. The van der Waals surface area contributed by atoms with E-state index in [0.717, 1.165) is 31.7 Å². The Morgan fingerprint density at radius 3 is 3.12 bits per heavy atom. The molecule has 0 amide bonds. The third-order valence-corrected chi connectivity index (χ3v) is 3.35. The first-order valence-electron chi connectivity index (χ1n) is 5.55. The molecule has 0 aromatic heterocycles. The van der Waals surface area contributed by atoms with Gasteiger partial charge >= 0.3 is 0 Å². The second-order valence-corrected chi connectivity index (χ2v) is 4.66. The van der Waals surface area contributed by atoms with E-state index in [1.807, 2.05) is 7.05 Å². The van der Waals surface area contributed by atoms with Crippen LogP contribution in [0.4, 0.5) is 10.1 Å². The van der Waals surface area contributed by atoms with Gasteiger partial charge in [0, 0.05) is 13.1 Å². The molecule has 0 aliphatic carbocycles. The van der Waals surface area contributed by atoms with Gasteiger partial charge in [0.1, 0.15) is 5.82 Å². The van der Waals surface area contributed by atoms with Gasteiger partial charge < -0.3 is 10.2 Å². The van der Waals surface area contributed by atoms with Crippen molar-refractivity contribution in [1.82, 2.24) is 5.32 Å². The molecule has 0 saturated carbocycles. The molecule has 2 nitrogen and oxygen atoms in total. The molecule has 1 heterocycles. The van der Waals surface area contributed by atoms with Crippen LogP contribution in [0.25, 0.3) is 0 Å². The van der Waals surface area contributed by atoms with Crippen molar-refractivity contribution in [3.05, 3.63) is 29.0 Å². The minimum Gasteiger partial charge on any atom is -0.370 e. The van der Waals surface area contributed by atoms with Crippen molar-refractivity contribution in [3.63, 3.8) is 0 Å². The Balaban J connectivity index is 2.11. The zero-order valence-corrected chi connectivity index (χ0v) is 10.1. The van der Waals surface area contributed by atoms with Crippen LogP contribution in [0.1, 0.15) is 6.42 Å². The molecule has 88 valence electrons. The summed E-state index contributed by atoms with van der Waals surface area (Å²) in [4.78, 5) is 2.16. The molecule has 1 aromatic rings. The molecule has 1 aromatic carbocycles. The molecule has 1 fully saturated rings. The fourth-order valence-electron chi connectivity index (χ4n) is 2.23. The molecule has 4 heteroatoms. The smallest absolute Gasteiger partial charge is 0.125 e. The number of rotatable bonds is 3. The van der Waals surface area contributed by atoms with E-state index in [1.54, 1.807) is 6.07 Å². The molecule has 0 radical (unpaired) electrons. The zero-order valence-electron chi connectivity index (χ0n) is 9.34. The van der Waals surface area contributed by atoms with Gasteiger partial charge in [-0.25, -0.2) is 4.39 Å². The predicted molar refractivity (Wildman–Crippen MR) is 65.7 cm³/mol. The van der Waals surface area contributed by atoms with Crippen molar-refractivity contribution in [2.45, 2.75) is 6.42 Å². The molecule has 1 atom stereocenters. The average Bonchev–Trinajstić information content (AvgIpc) is 2.71. The Hall–Kier alpha value is -0.800. The maximum absolute atomic E-state index is 13.1. The second-order valence-electron chi connectivity index (χ2n) is 4.25. The summed E-state index contributed by atoms with van der Waals surface area (Å²) in [5.74, 6) is 0.404. The van der Waals surface area contributed by atoms with Crippen LogP contribution in [0.3, 0.4) is 0 Å². The fourth-order valence-corrected chi connectivity index (χ4v) is 2.47. The van der Waals surface area contributed by atoms with E-state index >= 15 is 0 Å². The van der Waals surface area contributed by atoms with E-state index in [-0.39, 0.29) is 5.82 Å². The SMILES string of the molecule is CNCC1CCN(c2cc(F)ccc2Cl)C1. The predicted octanol–water partition coefficient (Wildman–Crippen LogP) is 2.52. The van der Waals surface area contributed by atoms with E-state index in [0.29, 0.717) is 10.9 Å². The molecule has 2 rings (SSSR count). The lowest BCUT2D eigenvalue weighted by Crippen LogP contribution is -2.24. The van der Waals surface area contributed by atoms with E-state index in [1.165, 1.54) is 12.1 Å². The van der Waals surface area contributed by atoms with Crippen molar-refractivity contribution < 1.29 is 4.39 Å². The van der Waals surface area contributed by atoms with Gasteiger partial charge in [0.25, 0.3) is 0 Å². The summed E-state index contributed by atoms with van der Waals surface area (Å²) in [5.41, 5.74) is 0.820. The van der Waals surface area contributed by atoms with E-state index < -0.39 is 0 Å². The first-order chi connectivity index (χ1) is 7.70. The highest BCUT2D eigenvalue weighted by molar-refractivity contribution is 6.33. The highest BCUT2D eigenvalue weighted by Crippen LogP contribution is 2.30. The van der Waals surface area contributed by atoms with Crippen molar-refractivity contribution in [2.24, 2.45) is 5.92 Å². The van der Waals surface area contributed by atoms with Gasteiger partial charge in [-0.15, -0.1) is 0 Å². The summed E-state index contributed by atoms with van der Waals surface area (Å²) in [5, 5.41) is 3.80. The summed E-state index contributed by atoms with van der Waals surface area (Å²) in [6.45, 7) is 2.91. The van der Waals surface area contributed by atoms with Gasteiger partial charge in [0.15, 0.2) is 0 Å². The fraction of sp³-hybridized carbons (Fsp3) is 0.500. The summed E-state index contributed by atoms with van der Waals surface area (Å²) in [6.07, 6.45) is 1.13. The van der Waals surface area contributed by atoms with Crippen LogP contribution in [0, 0.1) is 11.7 Å². The van der Waals surface area contributed by atoms with E-state index in [2.05, 4.69) is 10.2 Å². The van der Waals surface area contributed by atoms with Crippen LogP contribution >= 0.6 is 11.6 Å². The molecular formula is C12H16ClFN2. The first kappa shape index (κ1) is 11.7. The number of nitrogens with zero attached hydrogens (tertiary/aromatic N) is 1. The van der Waals surface area contributed by atoms with Crippen LogP contribution in [-0.4, -0.2) is 26.7 Å². The molecule has 1 N–H and O–H groups in total. The maximum atomic E-state index is 13.1. The van der Waals surface area contributed by atoms with Crippen LogP contribution in [-0.2, 0) is 0 Å². The van der Waals surface area contributed by atoms with Crippen molar-refractivity contribution >= 4 is 17.3 Å². The second kappa shape index (κ2) is 5.02. The Morgan fingerprint density at radius 2 is 2.38 bits per heavy atom. The number of halogens is 2. The molecule has 0 spiro atoms. The standard InChI is InChI=1S/C12H16ClFN2/c1-15-7-9-4-5-16(8-9)12-6-10(14)2-3-11(12)13/h2-3,6,9,15H,4-5,7-8H2,1H3. The van der Waals surface area contributed by atoms with Gasteiger partial charge in [-0.2, -0.15) is 0 Å². The van der Waals surface area contributed by atoms with Crippen molar-refractivity contribution in [1.29, 1.82) is 0 Å². The summed E-state index contributed by atoms with van der Waals surface area (Å²) in [6, 6.07) is 4.54. The lowest BCUT2D eigenvalue weighted by atomic mass is 10.1. The Bertz CT molecular complexity index is 370. The molecule has 1 aliphatic heterocycles. The summed E-state index contributed by atoms with van der Waals surface area (Å²) < 4.78 is 13.1. The van der Waals surface area contributed by atoms with Gasteiger partial charge in [-0.3, -0.25) is 0 Å². The normalized spacial score (nSPS) is 20.4. The Morgan fingerprint density at radius 1 is 1.56 bits per heavy atom. The van der Waals surface area contributed by atoms with Gasteiger partial charge in [0.05, 0.1) is 10.7 Å². The molecule has 16 heavy (non-hydrogen) atoms. The average molecular weight is 243 g/mol. The van der Waals surface area contributed by atoms with Crippen molar-refractivity contribution in [3.8, 4) is 0 Å². The van der Waals surface area contributed by atoms with Gasteiger partial charge in [0.2, 0.25) is 0 Å². The molecule has 1 aliphatic rings. The minimum atomic E-state index is -0.225. The quantitative estimate of drug-likeness (QED) is 0.876. The van der Waals surface area contributed by atoms with Crippen LogP contribution in [0.2, 0.25) is 5.02 Å². The Labute approximate surface area is 100 Å². The van der Waals surface area contributed by atoms with E-state index in [9.17, 15) is 4.39 Å². The lowest BCUT2D eigenvalue weighted by molar-refractivity contribution is 0.549. The largest absolute Gasteiger partial charge is 0.370 e. The van der Waals surface area contributed by atoms with Crippen LogP contribution in [0.15, 0.2) is 18.2 Å². The van der Waals surface area contributed by atoms with Crippen molar-refractivity contribution in [2.75, 3.05) is 31.6 Å². The highest BCUT2D eigenvalue weighted by Gasteiger charge is 2.23. The molecule has 1 saturated heterocycles. The third kappa shape index (κ3) is 2.47. The number of anilines is 1. The number of hydrogen-bond acceptors (Lipinski definition) is 2. The zero-order chi connectivity index (χ0) is 11.5. The summed E-state index contributed by atoms with van der Waals surface area (Å²) in [7, 11) is 1.96. The topological polar surface area (TPSA) is 15.3 Å². The third-order valence-electron chi connectivity index (χ3n) is 3.03.